The summed E-state index contributed by atoms with van der Waals surface area (Å²) in [5.41, 5.74) is 0.924. The molecule has 3 rings (SSSR count). The maximum absolute atomic E-state index is 12.4. The van der Waals surface area contributed by atoms with Crippen molar-refractivity contribution in [3.63, 3.8) is 0 Å². The fourth-order valence-electron chi connectivity index (χ4n) is 2.52. The summed E-state index contributed by atoms with van der Waals surface area (Å²) in [7, 11) is 1.23. The van der Waals surface area contributed by atoms with Crippen molar-refractivity contribution in [2.24, 2.45) is 0 Å². The number of benzene rings is 2. The standard InChI is InChI=1S/C17H11Cl2NO3/c1-23-17(22)14-13(9-5-3-2-4-6-9)11-7-10(18)8-12(19)15(11)20-16(14)21/h2-8H,1H3,(H,20,21). The summed E-state index contributed by atoms with van der Waals surface area (Å²) in [5.74, 6) is -0.719. The van der Waals surface area contributed by atoms with Crippen molar-refractivity contribution in [1.82, 2.24) is 4.98 Å². The minimum Gasteiger partial charge on any atom is -0.465 e. The van der Waals surface area contributed by atoms with E-state index in [4.69, 9.17) is 27.9 Å². The lowest BCUT2D eigenvalue weighted by atomic mass is 9.96. The Kier molecular flexibility index (Phi) is 4.11. The number of carbonyl (C=O) groups is 1. The van der Waals surface area contributed by atoms with Crippen LogP contribution in [-0.4, -0.2) is 18.1 Å². The van der Waals surface area contributed by atoms with E-state index in [1.54, 1.807) is 18.2 Å². The Bertz CT molecular complexity index is 965. The average Bonchev–Trinajstić information content (AvgIpc) is 2.54. The van der Waals surface area contributed by atoms with Crippen LogP contribution in [-0.2, 0) is 4.74 Å². The van der Waals surface area contributed by atoms with Crippen LogP contribution in [0, 0.1) is 0 Å². The molecule has 2 aromatic carbocycles. The van der Waals surface area contributed by atoms with Crippen LogP contribution in [0.25, 0.3) is 22.0 Å². The second-order valence-electron chi connectivity index (χ2n) is 4.87. The van der Waals surface area contributed by atoms with Crippen LogP contribution >= 0.6 is 23.2 Å². The molecule has 0 spiro atoms. The number of hydrogen-bond acceptors (Lipinski definition) is 3. The molecule has 0 aliphatic heterocycles. The molecule has 4 nitrogen and oxygen atoms in total. The van der Waals surface area contributed by atoms with Crippen molar-refractivity contribution < 1.29 is 9.53 Å². The topological polar surface area (TPSA) is 59.2 Å². The molecule has 0 fully saturated rings. The zero-order valence-electron chi connectivity index (χ0n) is 12.0. The fraction of sp³-hybridized carbons (Fsp3) is 0.0588. The molecular weight excluding hydrogens is 337 g/mol. The summed E-state index contributed by atoms with van der Waals surface area (Å²) in [6, 6.07) is 12.3. The van der Waals surface area contributed by atoms with Crippen LogP contribution in [0.2, 0.25) is 10.0 Å². The molecule has 116 valence electrons. The quantitative estimate of drug-likeness (QED) is 0.703. The predicted molar refractivity (Wildman–Crippen MR) is 91.4 cm³/mol. The third-order valence-electron chi connectivity index (χ3n) is 3.49. The van der Waals surface area contributed by atoms with Crippen LogP contribution in [0.5, 0.6) is 0 Å². The van der Waals surface area contributed by atoms with Crippen molar-refractivity contribution in [3.05, 3.63) is 68.4 Å². The van der Waals surface area contributed by atoms with E-state index in [0.29, 0.717) is 32.1 Å². The molecule has 0 atom stereocenters. The Hall–Kier alpha value is -2.30. The first-order valence-electron chi connectivity index (χ1n) is 6.71. The fourth-order valence-corrected chi connectivity index (χ4v) is 3.06. The third kappa shape index (κ3) is 2.71. The first kappa shape index (κ1) is 15.6. The van der Waals surface area contributed by atoms with Gasteiger partial charge in [0.25, 0.3) is 5.56 Å². The van der Waals surface area contributed by atoms with Gasteiger partial charge in [-0.3, -0.25) is 4.79 Å². The van der Waals surface area contributed by atoms with Gasteiger partial charge in [0.15, 0.2) is 0 Å². The molecule has 0 unspecified atom stereocenters. The van der Waals surface area contributed by atoms with Crippen molar-refractivity contribution in [2.45, 2.75) is 0 Å². The second-order valence-corrected chi connectivity index (χ2v) is 5.72. The molecule has 6 heteroatoms. The number of H-pyrrole nitrogens is 1. The third-order valence-corrected chi connectivity index (χ3v) is 4.01. The SMILES string of the molecule is COC(=O)c1c(-c2ccccc2)c2cc(Cl)cc(Cl)c2[nH]c1=O. The van der Waals surface area contributed by atoms with E-state index in [1.165, 1.54) is 13.2 Å². The highest BCUT2D eigenvalue weighted by molar-refractivity contribution is 6.38. The first-order chi connectivity index (χ1) is 11.0. The number of hydrogen-bond donors (Lipinski definition) is 1. The number of aromatic nitrogens is 1. The summed E-state index contributed by atoms with van der Waals surface area (Å²) in [4.78, 5) is 27.2. The molecule has 0 amide bonds. The van der Waals surface area contributed by atoms with Crippen LogP contribution in [0.3, 0.4) is 0 Å². The number of carbonyl (C=O) groups excluding carboxylic acids is 1. The van der Waals surface area contributed by atoms with E-state index in [2.05, 4.69) is 4.98 Å². The van der Waals surface area contributed by atoms with Gasteiger partial charge in [0.05, 0.1) is 17.6 Å². The summed E-state index contributed by atoms with van der Waals surface area (Å²) < 4.78 is 4.76. The summed E-state index contributed by atoms with van der Waals surface area (Å²) >= 11 is 12.3. The number of rotatable bonds is 2. The number of nitrogens with one attached hydrogen (secondary N) is 1. The monoisotopic (exact) mass is 347 g/mol. The van der Waals surface area contributed by atoms with E-state index < -0.39 is 11.5 Å². The van der Waals surface area contributed by atoms with Crippen LogP contribution in [0.15, 0.2) is 47.3 Å². The minimum atomic E-state index is -0.719. The van der Waals surface area contributed by atoms with Gasteiger partial charge in [-0.05, 0) is 17.7 Å². The molecule has 0 aliphatic carbocycles. The number of ether oxygens (including phenoxy) is 1. The highest BCUT2D eigenvalue weighted by Gasteiger charge is 2.22. The van der Waals surface area contributed by atoms with Gasteiger partial charge in [-0.2, -0.15) is 0 Å². The normalized spacial score (nSPS) is 10.7. The van der Waals surface area contributed by atoms with E-state index in [-0.39, 0.29) is 5.56 Å². The lowest BCUT2D eigenvalue weighted by Crippen LogP contribution is -2.20. The summed E-state index contributed by atoms with van der Waals surface area (Å²) in [6.07, 6.45) is 0. The zero-order valence-corrected chi connectivity index (χ0v) is 13.5. The van der Waals surface area contributed by atoms with Gasteiger partial charge in [0.2, 0.25) is 0 Å². The Morgan fingerprint density at radius 3 is 2.48 bits per heavy atom. The number of fused-ring (bicyclic) bond motifs is 1. The van der Waals surface area contributed by atoms with Crippen LogP contribution < -0.4 is 5.56 Å². The van der Waals surface area contributed by atoms with Crippen LogP contribution in [0.4, 0.5) is 0 Å². The molecule has 3 aromatic rings. The lowest BCUT2D eigenvalue weighted by molar-refractivity contribution is 0.0600. The highest BCUT2D eigenvalue weighted by Crippen LogP contribution is 2.34. The maximum atomic E-state index is 12.4. The minimum absolute atomic E-state index is 0.0791. The van der Waals surface area contributed by atoms with Gasteiger partial charge in [-0.25, -0.2) is 4.79 Å². The molecule has 0 aliphatic rings. The molecule has 1 heterocycles. The predicted octanol–water partition coefficient (Wildman–Crippen LogP) is 4.29. The summed E-state index contributed by atoms with van der Waals surface area (Å²) in [6.45, 7) is 0. The van der Waals surface area contributed by atoms with E-state index in [0.717, 1.165) is 0 Å². The van der Waals surface area contributed by atoms with Crippen molar-refractivity contribution in [2.75, 3.05) is 7.11 Å². The van der Waals surface area contributed by atoms with Gasteiger partial charge in [-0.1, -0.05) is 53.5 Å². The Morgan fingerprint density at radius 1 is 1.13 bits per heavy atom. The molecule has 0 radical (unpaired) electrons. The number of pyridine rings is 1. The van der Waals surface area contributed by atoms with E-state index in [1.807, 2.05) is 18.2 Å². The molecule has 0 saturated carbocycles. The van der Waals surface area contributed by atoms with Crippen molar-refractivity contribution in [3.8, 4) is 11.1 Å². The highest BCUT2D eigenvalue weighted by atomic mass is 35.5. The number of halogens is 2. The van der Waals surface area contributed by atoms with Gasteiger partial charge in [-0.15, -0.1) is 0 Å². The Balaban J connectivity index is 2.55. The Morgan fingerprint density at radius 2 is 1.83 bits per heavy atom. The average molecular weight is 348 g/mol. The molecule has 23 heavy (non-hydrogen) atoms. The van der Waals surface area contributed by atoms with Crippen molar-refractivity contribution >= 4 is 40.1 Å². The number of aromatic amines is 1. The lowest BCUT2D eigenvalue weighted by Gasteiger charge is -2.12. The van der Waals surface area contributed by atoms with E-state index >= 15 is 0 Å². The van der Waals surface area contributed by atoms with Crippen molar-refractivity contribution in [1.29, 1.82) is 0 Å². The molecule has 0 saturated heterocycles. The largest absolute Gasteiger partial charge is 0.465 e. The Labute approximate surface area is 141 Å². The van der Waals surface area contributed by atoms with Crippen LogP contribution in [0.1, 0.15) is 10.4 Å². The number of esters is 1. The van der Waals surface area contributed by atoms with Gasteiger partial charge in [0, 0.05) is 16.0 Å². The molecule has 1 N–H and O–H groups in total. The molecule has 0 bridgehead atoms. The van der Waals surface area contributed by atoms with Gasteiger partial charge in [0.1, 0.15) is 5.56 Å². The zero-order chi connectivity index (χ0) is 16.6. The smallest absolute Gasteiger partial charge is 0.344 e. The molecular formula is C17H11Cl2NO3. The first-order valence-corrected chi connectivity index (χ1v) is 7.47. The number of methoxy groups -OCH3 is 1. The van der Waals surface area contributed by atoms with Gasteiger partial charge >= 0.3 is 5.97 Å². The molecule has 1 aromatic heterocycles. The van der Waals surface area contributed by atoms with Gasteiger partial charge < -0.3 is 9.72 Å². The van der Waals surface area contributed by atoms with E-state index in [9.17, 15) is 9.59 Å². The summed E-state index contributed by atoms with van der Waals surface area (Å²) in [5, 5.41) is 1.29. The second kappa shape index (κ2) is 6.07. The maximum Gasteiger partial charge on any atom is 0.344 e.